The monoisotopic (exact) mass is 375 g/mol. The van der Waals surface area contributed by atoms with Crippen LogP contribution in [0.5, 0.6) is 0 Å². The number of halogens is 1. The van der Waals surface area contributed by atoms with Crippen molar-refractivity contribution < 1.29 is 13.2 Å². The number of carbonyl (C=O) groups is 1. The summed E-state index contributed by atoms with van der Waals surface area (Å²) in [6, 6.07) is 6.31. The topological polar surface area (TPSA) is 78.5 Å². The van der Waals surface area contributed by atoms with Crippen molar-refractivity contribution in [2.45, 2.75) is 31.2 Å². The summed E-state index contributed by atoms with van der Waals surface area (Å²) in [5, 5.41) is 3.23. The molecule has 1 fully saturated rings. The molecule has 136 valence electrons. The van der Waals surface area contributed by atoms with Gasteiger partial charge in [0.25, 0.3) is 5.91 Å². The van der Waals surface area contributed by atoms with Gasteiger partial charge in [-0.05, 0) is 43.1 Å². The number of amides is 1. The first-order valence-electron chi connectivity index (χ1n) is 7.89. The molecule has 1 aromatic carbocycles. The molecule has 0 aromatic heterocycles. The quantitative estimate of drug-likeness (QED) is 0.789. The van der Waals surface area contributed by atoms with E-state index in [-0.39, 0.29) is 35.2 Å². The van der Waals surface area contributed by atoms with Gasteiger partial charge in [-0.1, -0.05) is 13.8 Å². The minimum Gasteiger partial charge on any atom is -0.337 e. The van der Waals surface area contributed by atoms with Crippen LogP contribution in [0.25, 0.3) is 0 Å². The Kier molecular flexibility index (Phi) is 7.66. The van der Waals surface area contributed by atoms with Crippen LogP contribution in [0.2, 0.25) is 0 Å². The second-order valence-corrected chi connectivity index (χ2v) is 8.10. The Morgan fingerprint density at radius 2 is 1.96 bits per heavy atom. The SMILES string of the molecule is CC(C)CNS(=O)(=O)c1ccc(C(=O)N(C)C2CCNC2)cc1.Cl. The van der Waals surface area contributed by atoms with E-state index in [1.165, 1.54) is 12.1 Å². The number of sulfonamides is 1. The largest absolute Gasteiger partial charge is 0.337 e. The number of carbonyl (C=O) groups excluding carboxylic acids is 1. The predicted octanol–water partition coefficient (Wildman–Crippen LogP) is 1.48. The Balaban J connectivity index is 0.00000288. The Morgan fingerprint density at radius 1 is 1.33 bits per heavy atom. The lowest BCUT2D eigenvalue weighted by Crippen LogP contribution is -2.38. The zero-order valence-electron chi connectivity index (χ0n) is 14.3. The van der Waals surface area contributed by atoms with Crippen molar-refractivity contribution in [1.82, 2.24) is 14.9 Å². The van der Waals surface area contributed by atoms with E-state index in [0.717, 1.165) is 19.5 Å². The second-order valence-electron chi connectivity index (χ2n) is 6.33. The summed E-state index contributed by atoms with van der Waals surface area (Å²) in [5.74, 6) is 0.150. The van der Waals surface area contributed by atoms with Gasteiger partial charge in [0.1, 0.15) is 0 Å². The standard InChI is InChI=1S/C16H25N3O3S.ClH/c1-12(2)10-18-23(21,22)15-6-4-13(5-7-15)16(20)19(3)14-8-9-17-11-14;/h4-7,12,14,17-18H,8-11H2,1-3H3;1H. The molecule has 1 aliphatic rings. The van der Waals surface area contributed by atoms with Crippen molar-refractivity contribution in [3.8, 4) is 0 Å². The first kappa shape index (κ1) is 20.9. The van der Waals surface area contributed by atoms with Crippen LogP contribution in [-0.2, 0) is 10.0 Å². The number of nitrogens with one attached hydrogen (secondary N) is 2. The van der Waals surface area contributed by atoms with Crippen LogP contribution in [0.1, 0.15) is 30.6 Å². The average molecular weight is 376 g/mol. The fourth-order valence-corrected chi connectivity index (χ4v) is 3.69. The van der Waals surface area contributed by atoms with Gasteiger partial charge < -0.3 is 10.2 Å². The number of rotatable bonds is 6. The molecule has 0 spiro atoms. The molecule has 1 saturated heterocycles. The molecule has 2 rings (SSSR count). The van der Waals surface area contributed by atoms with Crippen molar-refractivity contribution >= 4 is 28.3 Å². The highest BCUT2D eigenvalue weighted by Crippen LogP contribution is 2.15. The zero-order valence-corrected chi connectivity index (χ0v) is 15.9. The van der Waals surface area contributed by atoms with Crippen LogP contribution in [0.4, 0.5) is 0 Å². The van der Waals surface area contributed by atoms with E-state index in [1.807, 2.05) is 13.8 Å². The minimum atomic E-state index is -3.52. The third-order valence-electron chi connectivity index (χ3n) is 4.00. The number of benzene rings is 1. The fourth-order valence-electron chi connectivity index (χ4n) is 2.48. The predicted molar refractivity (Wildman–Crippen MR) is 97.1 cm³/mol. The van der Waals surface area contributed by atoms with E-state index < -0.39 is 10.0 Å². The molecule has 24 heavy (non-hydrogen) atoms. The summed E-state index contributed by atoms with van der Waals surface area (Å²) in [6.07, 6.45) is 0.938. The van der Waals surface area contributed by atoms with Crippen molar-refractivity contribution in [2.75, 3.05) is 26.7 Å². The third kappa shape index (κ3) is 5.17. The summed E-state index contributed by atoms with van der Waals surface area (Å²) >= 11 is 0. The Morgan fingerprint density at radius 3 is 2.46 bits per heavy atom. The van der Waals surface area contributed by atoms with Crippen LogP contribution in [-0.4, -0.2) is 51.9 Å². The fraction of sp³-hybridized carbons (Fsp3) is 0.562. The highest BCUT2D eigenvalue weighted by molar-refractivity contribution is 7.89. The van der Waals surface area contributed by atoms with E-state index in [4.69, 9.17) is 0 Å². The molecule has 0 aliphatic carbocycles. The Bertz CT molecular complexity index is 641. The Hall–Kier alpha value is -1.15. The van der Waals surface area contributed by atoms with Gasteiger partial charge in [0.2, 0.25) is 10.0 Å². The van der Waals surface area contributed by atoms with Gasteiger partial charge in [-0.25, -0.2) is 13.1 Å². The van der Waals surface area contributed by atoms with E-state index in [2.05, 4.69) is 10.0 Å². The maximum absolute atomic E-state index is 12.4. The first-order valence-corrected chi connectivity index (χ1v) is 9.37. The number of likely N-dealkylation sites (N-methyl/N-ethyl adjacent to an activating group) is 1. The maximum Gasteiger partial charge on any atom is 0.253 e. The average Bonchev–Trinajstić information content (AvgIpc) is 3.06. The summed E-state index contributed by atoms with van der Waals surface area (Å²) in [6.45, 7) is 5.99. The van der Waals surface area contributed by atoms with Crippen LogP contribution in [0, 0.1) is 5.92 Å². The third-order valence-corrected chi connectivity index (χ3v) is 5.44. The van der Waals surface area contributed by atoms with Gasteiger partial charge in [-0.3, -0.25) is 4.79 Å². The lowest BCUT2D eigenvalue weighted by Gasteiger charge is -2.23. The smallest absolute Gasteiger partial charge is 0.253 e. The van der Waals surface area contributed by atoms with Crippen LogP contribution in [0.3, 0.4) is 0 Å². The van der Waals surface area contributed by atoms with Gasteiger partial charge in [0.15, 0.2) is 0 Å². The highest BCUT2D eigenvalue weighted by atomic mass is 35.5. The highest BCUT2D eigenvalue weighted by Gasteiger charge is 2.24. The summed E-state index contributed by atoms with van der Waals surface area (Å²) in [7, 11) is -1.73. The normalized spacial score (nSPS) is 17.6. The van der Waals surface area contributed by atoms with Crippen molar-refractivity contribution in [2.24, 2.45) is 5.92 Å². The molecule has 6 nitrogen and oxygen atoms in total. The van der Waals surface area contributed by atoms with Crippen LogP contribution in [0.15, 0.2) is 29.2 Å². The first-order chi connectivity index (χ1) is 10.8. The van der Waals surface area contributed by atoms with Gasteiger partial charge in [0, 0.05) is 31.7 Å². The van der Waals surface area contributed by atoms with E-state index >= 15 is 0 Å². The zero-order chi connectivity index (χ0) is 17.0. The summed E-state index contributed by atoms with van der Waals surface area (Å²) < 4.78 is 26.9. The summed E-state index contributed by atoms with van der Waals surface area (Å²) in [4.78, 5) is 14.3. The Labute approximate surface area is 150 Å². The minimum absolute atomic E-state index is 0. The van der Waals surface area contributed by atoms with E-state index in [9.17, 15) is 13.2 Å². The van der Waals surface area contributed by atoms with Gasteiger partial charge in [-0.2, -0.15) is 0 Å². The van der Waals surface area contributed by atoms with Crippen molar-refractivity contribution in [3.63, 3.8) is 0 Å². The summed E-state index contributed by atoms with van der Waals surface area (Å²) in [5.41, 5.74) is 0.502. The molecule has 0 bridgehead atoms. The molecule has 1 unspecified atom stereocenters. The molecule has 1 heterocycles. The van der Waals surface area contributed by atoms with Gasteiger partial charge in [0.05, 0.1) is 4.90 Å². The number of hydrogen-bond donors (Lipinski definition) is 2. The maximum atomic E-state index is 12.4. The molecular formula is C16H26ClN3O3S. The van der Waals surface area contributed by atoms with Crippen molar-refractivity contribution in [3.05, 3.63) is 29.8 Å². The van der Waals surface area contributed by atoms with E-state index in [0.29, 0.717) is 12.1 Å². The molecular weight excluding hydrogens is 350 g/mol. The lowest BCUT2D eigenvalue weighted by atomic mass is 10.1. The molecule has 1 amide bonds. The van der Waals surface area contributed by atoms with Gasteiger partial charge in [-0.15, -0.1) is 12.4 Å². The molecule has 1 aliphatic heterocycles. The molecule has 1 atom stereocenters. The molecule has 2 N–H and O–H groups in total. The van der Waals surface area contributed by atoms with Crippen LogP contribution >= 0.6 is 12.4 Å². The molecule has 0 saturated carbocycles. The second kappa shape index (κ2) is 8.80. The van der Waals surface area contributed by atoms with Gasteiger partial charge >= 0.3 is 0 Å². The lowest BCUT2D eigenvalue weighted by molar-refractivity contribution is 0.0743. The van der Waals surface area contributed by atoms with E-state index in [1.54, 1.807) is 24.1 Å². The number of hydrogen-bond acceptors (Lipinski definition) is 4. The molecule has 0 radical (unpaired) electrons. The molecule has 8 heteroatoms. The van der Waals surface area contributed by atoms with Crippen LogP contribution < -0.4 is 10.0 Å². The number of nitrogens with zero attached hydrogens (tertiary/aromatic N) is 1. The van der Waals surface area contributed by atoms with Crippen molar-refractivity contribution in [1.29, 1.82) is 0 Å². The molecule has 1 aromatic rings.